The molecule has 4 rings (SSSR count). The van der Waals surface area contributed by atoms with E-state index < -0.39 is 0 Å². The van der Waals surface area contributed by atoms with Crippen molar-refractivity contribution >= 4 is 34.1 Å². The van der Waals surface area contributed by atoms with E-state index in [1.807, 2.05) is 18.2 Å². The second kappa shape index (κ2) is 7.34. The van der Waals surface area contributed by atoms with E-state index in [0.717, 1.165) is 34.3 Å². The molecule has 2 aromatic heterocycles. The molecular weight excluding hydrogens is 356 g/mol. The first kappa shape index (κ1) is 16.2. The summed E-state index contributed by atoms with van der Waals surface area (Å²) in [6.45, 7) is 1.55. The van der Waals surface area contributed by atoms with Crippen molar-refractivity contribution in [2.75, 3.05) is 11.9 Å². The van der Waals surface area contributed by atoms with Crippen molar-refractivity contribution in [2.45, 2.75) is 23.1 Å². The second-order valence-corrected chi connectivity index (χ2v) is 7.76. The van der Waals surface area contributed by atoms with Crippen LogP contribution in [0.5, 0.6) is 0 Å². The molecule has 3 heterocycles. The molecule has 128 valence electrons. The molecule has 0 bridgehead atoms. The summed E-state index contributed by atoms with van der Waals surface area (Å²) in [4.78, 5) is 12.4. The van der Waals surface area contributed by atoms with Gasteiger partial charge in [0.2, 0.25) is 5.13 Å². The quantitative estimate of drug-likeness (QED) is 0.470. The van der Waals surface area contributed by atoms with Gasteiger partial charge in [-0.05, 0) is 5.56 Å². The summed E-state index contributed by atoms with van der Waals surface area (Å²) in [5, 5.41) is 21.8. The summed E-state index contributed by atoms with van der Waals surface area (Å²) >= 11 is 2.97. The first-order valence-corrected chi connectivity index (χ1v) is 9.68. The Morgan fingerprint density at radius 1 is 1.28 bits per heavy atom. The van der Waals surface area contributed by atoms with Gasteiger partial charge in [0.25, 0.3) is 5.91 Å². The van der Waals surface area contributed by atoms with E-state index in [0.29, 0.717) is 17.4 Å². The number of H-pyrrole nitrogens is 1. The van der Waals surface area contributed by atoms with Gasteiger partial charge in [0.1, 0.15) is 0 Å². The molecule has 25 heavy (non-hydrogen) atoms. The highest BCUT2D eigenvalue weighted by molar-refractivity contribution is 8.00. The Labute approximate surface area is 152 Å². The highest BCUT2D eigenvalue weighted by Gasteiger charge is 2.22. The lowest BCUT2D eigenvalue weighted by atomic mass is 10.1. The van der Waals surface area contributed by atoms with Crippen LogP contribution in [0.1, 0.15) is 27.3 Å². The van der Waals surface area contributed by atoms with E-state index in [1.54, 1.807) is 11.8 Å². The number of fused-ring (bicyclic) bond motifs is 1. The normalized spacial score (nSPS) is 13.4. The van der Waals surface area contributed by atoms with E-state index in [9.17, 15) is 4.79 Å². The molecule has 0 atom stereocenters. The summed E-state index contributed by atoms with van der Waals surface area (Å²) in [7, 11) is 0. The van der Waals surface area contributed by atoms with Gasteiger partial charge in [-0.2, -0.15) is 5.10 Å². The molecule has 0 radical (unpaired) electrons. The number of aromatic amines is 1. The third-order valence-electron chi connectivity index (χ3n) is 3.85. The summed E-state index contributed by atoms with van der Waals surface area (Å²) in [5.74, 6) is 0.569. The van der Waals surface area contributed by atoms with Gasteiger partial charge in [-0.1, -0.05) is 53.4 Å². The van der Waals surface area contributed by atoms with Crippen LogP contribution in [0.25, 0.3) is 0 Å². The van der Waals surface area contributed by atoms with Crippen LogP contribution in [0.15, 0.2) is 34.7 Å². The Bertz CT molecular complexity index is 876. The predicted octanol–water partition coefficient (Wildman–Crippen LogP) is 2.45. The number of aromatic nitrogens is 4. The molecular formula is C16H16N6OS2. The molecule has 1 aliphatic rings. The van der Waals surface area contributed by atoms with Crippen LogP contribution in [0.3, 0.4) is 0 Å². The first-order valence-electron chi connectivity index (χ1n) is 7.88. The Kier molecular flexibility index (Phi) is 4.77. The Morgan fingerprint density at radius 2 is 2.16 bits per heavy atom. The number of anilines is 1. The van der Waals surface area contributed by atoms with Crippen molar-refractivity contribution in [3.05, 3.63) is 52.8 Å². The molecule has 1 aliphatic heterocycles. The lowest BCUT2D eigenvalue weighted by Crippen LogP contribution is -2.25. The molecule has 0 fully saturated rings. The molecule has 0 saturated carbocycles. The monoisotopic (exact) mass is 372 g/mol. The number of carbonyl (C=O) groups is 1. The summed E-state index contributed by atoms with van der Waals surface area (Å²) in [6, 6.07) is 10.2. The van der Waals surface area contributed by atoms with Crippen LogP contribution < -0.4 is 10.6 Å². The van der Waals surface area contributed by atoms with Crippen LogP contribution in [0, 0.1) is 0 Å². The van der Waals surface area contributed by atoms with Gasteiger partial charge in [0, 0.05) is 36.5 Å². The van der Waals surface area contributed by atoms with E-state index in [1.165, 1.54) is 16.9 Å². The lowest BCUT2D eigenvalue weighted by molar-refractivity contribution is 0.102. The minimum absolute atomic E-state index is 0.253. The smallest absolute Gasteiger partial charge is 0.278 e. The second-order valence-electron chi connectivity index (χ2n) is 5.56. The molecule has 0 saturated heterocycles. The topological polar surface area (TPSA) is 95.6 Å². The zero-order chi connectivity index (χ0) is 17.1. The SMILES string of the molecule is O=C(Nc1nnc(SCc2ccccc2)s1)c1n[nH]c2c1CNCC2. The van der Waals surface area contributed by atoms with E-state index >= 15 is 0 Å². The van der Waals surface area contributed by atoms with Gasteiger partial charge < -0.3 is 5.32 Å². The van der Waals surface area contributed by atoms with E-state index in [-0.39, 0.29) is 5.91 Å². The highest BCUT2D eigenvalue weighted by Crippen LogP contribution is 2.28. The van der Waals surface area contributed by atoms with E-state index in [4.69, 9.17) is 0 Å². The van der Waals surface area contributed by atoms with Crippen LogP contribution in [0.4, 0.5) is 5.13 Å². The largest absolute Gasteiger partial charge is 0.312 e. The molecule has 9 heteroatoms. The fourth-order valence-electron chi connectivity index (χ4n) is 2.61. The fourth-order valence-corrected chi connectivity index (χ4v) is 4.31. The average molecular weight is 372 g/mol. The third kappa shape index (κ3) is 3.73. The van der Waals surface area contributed by atoms with Crippen molar-refractivity contribution < 1.29 is 4.79 Å². The lowest BCUT2D eigenvalue weighted by Gasteiger charge is -2.12. The number of benzene rings is 1. The average Bonchev–Trinajstić information content (AvgIpc) is 3.27. The van der Waals surface area contributed by atoms with Gasteiger partial charge in [-0.25, -0.2) is 0 Å². The maximum atomic E-state index is 12.4. The zero-order valence-electron chi connectivity index (χ0n) is 13.3. The maximum Gasteiger partial charge on any atom is 0.278 e. The zero-order valence-corrected chi connectivity index (χ0v) is 14.9. The Hall–Kier alpha value is -2.23. The van der Waals surface area contributed by atoms with Crippen molar-refractivity contribution in [3.8, 4) is 0 Å². The predicted molar refractivity (Wildman–Crippen MR) is 97.9 cm³/mol. The van der Waals surface area contributed by atoms with Crippen LogP contribution in [-0.2, 0) is 18.7 Å². The van der Waals surface area contributed by atoms with Gasteiger partial charge in [-0.3, -0.25) is 15.2 Å². The minimum atomic E-state index is -0.253. The fraction of sp³-hybridized carbons (Fsp3) is 0.250. The summed E-state index contributed by atoms with van der Waals surface area (Å²) in [6.07, 6.45) is 0.856. The van der Waals surface area contributed by atoms with E-state index in [2.05, 4.69) is 43.2 Å². The first-order chi connectivity index (χ1) is 12.3. The number of thioether (sulfide) groups is 1. The molecule has 0 aliphatic carbocycles. The number of nitrogens with zero attached hydrogens (tertiary/aromatic N) is 3. The maximum absolute atomic E-state index is 12.4. The number of amides is 1. The standard InChI is InChI=1S/C16H16N6OS2/c23-14(13-11-8-17-7-6-12(11)19-20-13)18-15-21-22-16(25-15)24-9-10-4-2-1-3-5-10/h1-5,17H,6-9H2,(H,19,20)(H,18,21,23). The Balaban J connectivity index is 1.39. The van der Waals surface area contributed by atoms with Crippen molar-refractivity contribution in [2.24, 2.45) is 0 Å². The molecule has 3 N–H and O–H groups in total. The highest BCUT2D eigenvalue weighted by atomic mass is 32.2. The third-order valence-corrected chi connectivity index (χ3v) is 5.90. The number of hydrogen-bond donors (Lipinski definition) is 3. The number of hydrogen-bond acceptors (Lipinski definition) is 7. The molecule has 7 nitrogen and oxygen atoms in total. The van der Waals surface area contributed by atoms with Crippen molar-refractivity contribution in [1.82, 2.24) is 25.7 Å². The van der Waals surface area contributed by atoms with Crippen LogP contribution in [-0.4, -0.2) is 32.8 Å². The number of carbonyl (C=O) groups excluding carboxylic acids is 1. The number of rotatable bonds is 5. The molecule has 0 spiro atoms. The van der Waals surface area contributed by atoms with Gasteiger partial charge in [0.15, 0.2) is 10.0 Å². The van der Waals surface area contributed by atoms with Crippen molar-refractivity contribution in [1.29, 1.82) is 0 Å². The molecule has 3 aromatic rings. The van der Waals surface area contributed by atoms with Gasteiger partial charge in [-0.15, -0.1) is 10.2 Å². The van der Waals surface area contributed by atoms with Crippen LogP contribution >= 0.6 is 23.1 Å². The number of nitrogens with one attached hydrogen (secondary N) is 3. The minimum Gasteiger partial charge on any atom is -0.312 e. The molecule has 0 unspecified atom stereocenters. The van der Waals surface area contributed by atoms with Gasteiger partial charge in [0.05, 0.1) is 0 Å². The summed E-state index contributed by atoms with van der Waals surface area (Å²) < 4.78 is 0.824. The van der Waals surface area contributed by atoms with Crippen molar-refractivity contribution in [3.63, 3.8) is 0 Å². The molecule has 1 amide bonds. The molecule has 1 aromatic carbocycles. The van der Waals surface area contributed by atoms with Gasteiger partial charge >= 0.3 is 0 Å². The summed E-state index contributed by atoms with van der Waals surface area (Å²) in [5.41, 5.74) is 3.62. The van der Waals surface area contributed by atoms with Crippen LogP contribution in [0.2, 0.25) is 0 Å². The Morgan fingerprint density at radius 3 is 3.04 bits per heavy atom.